The van der Waals surface area contributed by atoms with Crippen LogP contribution in [0.4, 0.5) is 0 Å². The highest BCUT2D eigenvalue weighted by Crippen LogP contribution is 2.11. The number of hydrogen-bond donors (Lipinski definition) is 0. The lowest BCUT2D eigenvalue weighted by molar-refractivity contribution is -0.144. The van der Waals surface area contributed by atoms with Gasteiger partial charge in [0.15, 0.2) is 0 Å². The van der Waals surface area contributed by atoms with Crippen LogP contribution in [0.3, 0.4) is 0 Å². The Morgan fingerprint density at radius 3 is 3.00 bits per heavy atom. The Hall–Kier alpha value is -1.53. The Kier molecular flexibility index (Phi) is 4.65. The van der Waals surface area contributed by atoms with Gasteiger partial charge in [-0.1, -0.05) is 23.7 Å². The smallest absolute Gasteiger partial charge is 0.307 e. The first-order chi connectivity index (χ1) is 7.22. The van der Waals surface area contributed by atoms with Crippen molar-refractivity contribution in [1.29, 1.82) is 5.26 Å². The van der Waals surface area contributed by atoms with Crippen molar-refractivity contribution >= 4 is 17.6 Å². The Labute approximate surface area is 93.2 Å². The predicted octanol–water partition coefficient (Wildman–Crippen LogP) is 2.69. The molecule has 1 aromatic rings. The van der Waals surface area contributed by atoms with Crippen molar-refractivity contribution in [3.63, 3.8) is 0 Å². The summed E-state index contributed by atoms with van der Waals surface area (Å²) in [5.74, 6) is -0.364. The van der Waals surface area contributed by atoms with E-state index in [0.29, 0.717) is 5.02 Å². The lowest BCUT2D eigenvalue weighted by atomic mass is 10.2. The van der Waals surface area contributed by atoms with E-state index in [2.05, 4.69) is 0 Å². The summed E-state index contributed by atoms with van der Waals surface area (Å²) < 4.78 is 4.94. The van der Waals surface area contributed by atoms with Crippen molar-refractivity contribution in [3.8, 4) is 6.07 Å². The predicted molar refractivity (Wildman–Crippen MR) is 56.1 cm³/mol. The average molecular weight is 224 g/mol. The van der Waals surface area contributed by atoms with Crippen molar-refractivity contribution in [1.82, 2.24) is 0 Å². The molecule has 3 nitrogen and oxygen atoms in total. The summed E-state index contributed by atoms with van der Waals surface area (Å²) in [6, 6.07) is 8.99. The quantitative estimate of drug-likeness (QED) is 0.738. The van der Waals surface area contributed by atoms with E-state index in [1.54, 1.807) is 18.2 Å². The molecule has 0 unspecified atom stereocenters. The minimum absolute atomic E-state index is 0.136. The van der Waals surface area contributed by atoms with Crippen LogP contribution < -0.4 is 0 Å². The van der Waals surface area contributed by atoms with Gasteiger partial charge in [-0.05, 0) is 17.7 Å². The second kappa shape index (κ2) is 6.05. The van der Waals surface area contributed by atoms with Gasteiger partial charge in [-0.3, -0.25) is 4.79 Å². The van der Waals surface area contributed by atoms with E-state index in [0.717, 1.165) is 5.56 Å². The number of carbonyl (C=O) groups excluding carboxylic acids is 1. The summed E-state index contributed by atoms with van der Waals surface area (Å²) >= 11 is 5.76. The van der Waals surface area contributed by atoms with Crippen LogP contribution in [0.25, 0.3) is 0 Å². The second-order valence-corrected chi connectivity index (χ2v) is 3.39. The molecular weight excluding hydrogens is 214 g/mol. The Morgan fingerprint density at radius 1 is 1.53 bits per heavy atom. The molecule has 0 heterocycles. The normalized spacial score (nSPS) is 9.33. The van der Waals surface area contributed by atoms with Gasteiger partial charge in [0.05, 0.1) is 12.5 Å². The highest BCUT2D eigenvalue weighted by atomic mass is 35.5. The lowest BCUT2D eigenvalue weighted by Crippen LogP contribution is -2.03. The van der Waals surface area contributed by atoms with Crippen LogP contribution in [0.15, 0.2) is 24.3 Å². The van der Waals surface area contributed by atoms with Gasteiger partial charge in [-0.25, -0.2) is 0 Å². The fraction of sp³-hybridized carbons (Fsp3) is 0.273. The summed E-state index contributed by atoms with van der Waals surface area (Å²) in [7, 11) is 0. The number of hydrogen-bond acceptors (Lipinski definition) is 3. The van der Waals surface area contributed by atoms with E-state index < -0.39 is 0 Å². The minimum Gasteiger partial charge on any atom is -0.461 e. The van der Waals surface area contributed by atoms with Gasteiger partial charge >= 0.3 is 5.97 Å². The second-order valence-electron chi connectivity index (χ2n) is 2.95. The van der Waals surface area contributed by atoms with Crippen LogP contribution in [0.2, 0.25) is 5.02 Å². The van der Waals surface area contributed by atoms with Gasteiger partial charge in [0.2, 0.25) is 0 Å². The molecule has 0 amide bonds. The molecule has 0 saturated carbocycles. The SMILES string of the molecule is N#CCCC(=O)OCc1cccc(Cl)c1. The van der Waals surface area contributed by atoms with Crippen LogP contribution in [0.5, 0.6) is 0 Å². The number of nitrogens with zero attached hydrogens (tertiary/aromatic N) is 1. The molecule has 15 heavy (non-hydrogen) atoms. The zero-order valence-corrected chi connectivity index (χ0v) is 8.83. The van der Waals surface area contributed by atoms with E-state index in [4.69, 9.17) is 21.6 Å². The summed E-state index contributed by atoms with van der Waals surface area (Å²) in [5.41, 5.74) is 0.841. The summed E-state index contributed by atoms with van der Waals surface area (Å²) in [5, 5.41) is 8.87. The Morgan fingerprint density at radius 2 is 2.33 bits per heavy atom. The number of esters is 1. The van der Waals surface area contributed by atoms with Crippen molar-refractivity contribution in [2.75, 3.05) is 0 Å². The maximum Gasteiger partial charge on any atom is 0.307 e. The fourth-order valence-electron chi connectivity index (χ4n) is 1.02. The van der Waals surface area contributed by atoms with Gasteiger partial charge in [0, 0.05) is 11.4 Å². The number of halogens is 1. The van der Waals surface area contributed by atoms with Crippen LogP contribution in [0.1, 0.15) is 18.4 Å². The molecule has 0 aliphatic heterocycles. The number of nitriles is 1. The number of rotatable bonds is 4. The monoisotopic (exact) mass is 223 g/mol. The molecule has 0 N–H and O–H groups in total. The third kappa shape index (κ3) is 4.48. The number of ether oxygens (including phenoxy) is 1. The summed E-state index contributed by atoms with van der Waals surface area (Å²) in [4.78, 5) is 11.1. The van der Waals surface area contributed by atoms with E-state index in [-0.39, 0.29) is 25.4 Å². The van der Waals surface area contributed by atoms with E-state index >= 15 is 0 Å². The molecule has 0 saturated heterocycles. The first-order valence-corrected chi connectivity index (χ1v) is 4.87. The van der Waals surface area contributed by atoms with E-state index in [1.807, 2.05) is 12.1 Å². The zero-order chi connectivity index (χ0) is 11.1. The molecule has 0 aromatic heterocycles. The zero-order valence-electron chi connectivity index (χ0n) is 8.07. The van der Waals surface area contributed by atoms with Crippen LogP contribution in [-0.2, 0) is 16.1 Å². The topological polar surface area (TPSA) is 50.1 Å². The highest BCUT2D eigenvalue weighted by Gasteiger charge is 2.02. The highest BCUT2D eigenvalue weighted by molar-refractivity contribution is 6.30. The lowest BCUT2D eigenvalue weighted by Gasteiger charge is -2.03. The standard InChI is InChI=1S/C11H10ClNO2/c12-10-4-1-3-9(7-10)8-15-11(14)5-2-6-13/h1,3-4,7H,2,5,8H2. The molecule has 0 aliphatic carbocycles. The molecule has 0 fully saturated rings. The Bertz CT molecular complexity index is 384. The largest absolute Gasteiger partial charge is 0.461 e. The molecule has 0 aliphatic rings. The molecule has 1 rings (SSSR count). The Balaban J connectivity index is 2.37. The number of benzene rings is 1. The minimum atomic E-state index is -0.364. The first kappa shape index (κ1) is 11.5. The van der Waals surface area contributed by atoms with Gasteiger partial charge < -0.3 is 4.74 Å². The van der Waals surface area contributed by atoms with Crippen LogP contribution >= 0.6 is 11.6 Å². The van der Waals surface area contributed by atoms with Gasteiger partial charge in [0.25, 0.3) is 0 Å². The molecule has 4 heteroatoms. The van der Waals surface area contributed by atoms with Gasteiger partial charge in [-0.2, -0.15) is 5.26 Å². The molecule has 0 radical (unpaired) electrons. The van der Waals surface area contributed by atoms with Crippen LogP contribution in [0, 0.1) is 11.3 Å². The summed E-state index contributed by atoms with van der Waals surface area (Å²) in [6.45, 7) is 0.199. The number of carbonyl (C=O) groups is 1. The third-order valence-electron chi connectivity index (χ3n) is 1.73. The molecule has 0 bridgehead atoms. The van der Waals surface area contributed by atoms with Crippen molar-refractivity contribution < 1.29 is 9.53 Å². The molecule has 0 spiro atoms. The van der Waals surface area contributed by atoms with Crippen molar-refractivity contribution in [2.45, 2.75) is 19.4 Å². The molecule has 1 aromatic carbocycles. The third-order valence-corrected chi connectivity index (χ3v) is 1.96. The van der Waals surface area contributed by atoms with E-state index in [9.17, 15) is 4.79 Å². The van der Waals surface area contributed by atoms with E-state index in [1.165, 1.54) is 0 Å². The fourth-order valence-corrected chi connectivity index (χ4v) is 1.23. The average Bonchev–Trinajstić information content (AvgIpc) is 2.23. The maximum atomic E-state index is 11.1. The van der Waals surface area contributed by atoms with Crippen molar-refractivity contribution in [3.05, 3.63) is 34.9 Å². The summed E-state index contributed by atoms with van der Waals surface area (Å²) in [6.07, 6.45) is 0.325. The van der Waals surface area contributed by atoms with Crippen molar-refractivity contribution in [2.24, 2.45) is 0 Å². The maximum absolute atomic E-state index is 11.1. The molecule has 78 valence electrons. The van der Waals surface area contributed by atoms with Gasteiger partial charge in [0.1, 0.15) is 6.61 Å². The van der Waals surface area contributed by atoms with Crippen LogP contribution in [-0.4, -0.2) is 5.97 Å². The molecular formula is C11H10ClNO2. The first-order valence-electron chi connectivity index (χ1n) is 4.49. The molecule has 0 atom stereocenters. The van der Waals surface area contributed by atoms with Gasteiger partial charge in [-0.15, -0.1) is 0 Å².